The van der Waals surface area contributed by atoms with Gasteiger partial charge in [-0.2, -0.15) is 0 Å². The first kappa shape index (κ1) is 14.3. The molecule has 0 aliphatic carbocycles. The third-order valence-corrected chi connectivity index (χ3v) is 3.18. The molecule has 108 valence electrons. The van der Waals surface area contributed by atoms with Gasteiger partial charge in [0.05, 0.1) is 0 Å². The fourth-order valence-corrected chi connectivity index (χ4v) is 2.10. The number of amides is 3. The predicted molar refractivity (Wildman–Crippen MR) is 78.7 cm³/mol. The summed E-state index contributed by atoms with van der Waals surface area (Å²) in [6.07, 6.45) is 2.14. The summed E-state index contributed by atoms with van der Waals surface area (Å²) in [5, 5.41) is 5.58. The van der Waals surface area contributed by atoms with E-state index in [-0.39, 0.29) is 11.9 Å². The van der Waals surface area contributed by atoms with E-state index in [1.807, 2.05) is 24.3 Å². The van der Waals surface area contributed by atoms with Crippen LogP contribution < -0.4 is 21.3 Å². The molecular formula is C14H20N4O2. The van der Waals surface area contributed by atoms with Crippen LogP contribution in [-0.4, -0.2) is 31.6 Å². The van der Waals surface area contributed by atoms with Gasteiger partial charge in [0.1, 0.15) is 0 Å². The molecule has 1 saturated heterocycles. The highest BCUT2D eigenvalue weighted by molar-refractivity contribution is 5.95. The van der Waals surface area contributed by atoms with Gasteiger partial charge in [0, 0.05) is 30.9 Å². The number of carbonyl (C=O) groups is 2. The van der Waals surface area contributed by atoms with Crippen molar-refractivity contribution in [2.75, 3.05) is 29.9 Å². The van der Waals surface area contributed by atoms with Crippen molar-refractivity contribution < 1.29 is 9.59 Å². The van der Waals surface area contributed by atoms with Crippen LogP contribution in [-0.2, 0) is 4.79 Å². The summed E-state index contributed by atoms with van der Waals surface area (Å²) in [6.45, 7) is 1.95. The molecule has 0 atom stereocenters. The summed E-state index contributed by atoms with van der Waals surface area (Å²) in [4.78, 5) is 24.8. The molecule has 1 fully saturated rings. The lowest BCUT2D eigenvalue weighted by Crippen LogP contribution is -2.27. The lowest BCUT2D eigenvalue weighted by Gasteiger charge is -2.14. The maximum atomic E-state index is 11.7. The minimum atomic E-state index is -0.0800. The van der Waals surface area contributed by atoms with Gasteiger partial charge in [-0.15, -0.1) is 0 Å². The van der Waals surface area contributed by atoms with Crippen molar-refractivity contribution >= 4 is 23.3 Å². The molecule has 0 bridgehead atoms. The highest BCUT2D eigenvalue weighted by Crippen LogP contribution is 2.19. The molecule has 0 spiro atoms. The van der Waals surface area contributed by atoms with Crippen LogP contribution in [0.25, 0.3) is 0 Å². The van der Waals surface area contributed by atoms with E-state index in [9.17, 15) is 9.59 Å². The van der Waals surface area contributed by atoms with Crippen LogP contribution in [0.5, 0.6) is 0 Å². The van der Waals surface area contributed by atoms with Crippen molar-refractivity contribution in [3.8, 4) is 0 Å². The third kappa shape index (κ3) is 3.71. The maximum Gasteiger partial charge on any atom is 0.321 e. The highest BCUT2D eigenvalue weighted by atomic mass is 16.2. The van der Waals surface area contributed by atoms with Crippen LogP contribution >= 0.6 is 0 Å². The van der Waals surface area contributed by atoms with Gasteiger partial charge in [0.2, 0.25) is 5.91 Å². The van der Waals surface area contributed by atoms with Gasteiger partial charge in [0.15, 0.2) is 0 Å². The Kier molecular flexibility index (Phi) is 4.95. The molecule has 1 aromatic rings. The van der Waals surface area contributed by atoms with Crippen LogP contribution in [0.1, 0.15) is 19.3 Å². The molecule has 3 amide bonds. The standard InChI is InChI=1S/C14H20N4O2/c15-8-2-1-3-13(19)17-11-4-6-12(7-5-11)18-10-9-16-14(18)20/h4-7H,1-3,8-10,15H2,(H,16,20)(H,17,19). The summed E-state index contributed by atoms with van der Waals surface area (Å²) in [5.74, 6) is -0.00915. The van der Waals surface area contributed by atoms with Crippen molar-refractivity contribution in [1.82, 2.24) is 5.32 Å². The molecule has 1 aromatic carbocycles. The summed E-state index contributed by atoms with van der Waals surface area (Å²) < 4.78 is 0. The number of anilines is 2. The largest absolute Gasteiger partial charge is 0.336 e. The van der Waals surface area contributed by atoms with Gasteiger partial charge < -0.3 is 16.4 Å². The van der Waals surface area contributed by atoms with Crippen molar-refractivity contribution in [2.24, 2.45) is 5.73 Å². The molecular weight excluding hydrogens is 256 g/mol. The lowest BCUT2D eigenvalue weighted by molar-refractivity contribution is -0.116. The molecule has 20 heavy (non-hydrogen) atoms. The molecule has 6 nitrogen and oxygen atoms in total. The second-order valence-corrected chi connectivity index (χ2v) is 4.72. The Hall–Kier alpha value is -2.08. The predicted octanol–water partition coefficient (Wildman–Crippen LogP) is 1.28. The van der Waals surface area contributed by atoms with E-state index in [0.717, 1.165) is 24.2 Å². The number of urea groups is 1. The maximum absolute atomic E-state index is 11.7. The summed E-state index contributed by atoms with van der Waals surface area (Å²) in [5.41, 5.74) is 6.96. The molecule has 0 radical (unpaired) electrons. The smallest absolute Gasteiger partial charge is 0.321 e. The summed E-state index contributed by atoms with van der Waals surface area (Å²) in [6, 6.07) is 7.20. The molecule has 2 rings (SSSR count). The SMILES string of the molecule is NCCCCC(=O)Nc1ccc(N2CCNC2=O)cc1. The molecule has 1 aliphatic rings. The van der Waals surface area contributed by atoms with Gasteiger partial charge >= 0.3 is 6.03 Å². The van der Waals surface area contributed by atoms with Gasteiger partial charge in [-0.25, -0.2) is 4.79 Å². The minimum absolute atomic E-state index is 0.00915. The van der Waals surface area contributed by atoms with E-state index >= 15 is 0 Å². The monoisotopic (exact) mass is 276 g/mol. The first-order valence-corrected chi connectivity index (χ1v) is 6.86. The van der Waals surface area contributed by atoms with Crippen LogP contribution in [0.4, 0.5) is 16.2 Å². The summed E-state index contributed by atoms with van der Waals surface area (Å²) >= 11 is 0. The average Bonchev–Trinajstić information content (AvgIpc) is 2.86. The van der Waals surface area contributed by atoms with E-state index in [2.05, 4.69) is 10.6 Å². The van der Waals surface area contributed by atoms with E-state index in [0.29, 0.717) is 26.1 Å². The Labute approximate surface area is 118 Å². The van der Waals surface area contributed by atoms with E-state index in [1.54, 1.807) is 4.90 Å². The van der Waals surface area contributed by atoms with E-state index in [1.165, 1.54) is 0 Å². The van der Waals surface area contributed by atoms with E-state index in [4.69, 9.17) is 5.73 Å². The zero-order valence-electron chi connectivity index (χ0n) is 11.4. The van der Waals surface area contributed by atoms with Crippen molar-refractivity contribution in [1.29, 1.82) is 0 Å². The Morgan fingerprint density at radius 3 is 2.65 bits per heavy atom. The number of carbonyl (C=O) groups excluding carboxylic acids is 2. The Morgan fingerprint density at radius 2 is 2.05 bits per heavy atom. The zero-order chi connectivity index (χ0) is 14.4. The second-order valence-electron chi connectivity index (χ2n) is 4.72. The molecule has 0 aromatic heterocycles. The molecule has 4 N–H and O–H groups in total. The highest BCUT2D eigenvalue weighted by Gasteiger charge is 2.20. The first-order valence-electron chi connectivity index (χ1n) is 6.86. The quantitative estimate of drug-likeness (QED) is 0.684. The number of hydrogen-bond acceptors (Lipinski definition) is 3. The number of rotatable bonds is 6. The van der Waals surface area contributed by atoms with Crippen LogP contribution in [0.2, 0.25) is 0 Å². The Balaban J connectivity index is 1.88. The number of benzene rings is 1. The third-order valence-electron chi connectivity index (χ3n) is 3.18. The van der Waals surface area contributed by atoms with Gasteiger partial charge in [-0.05, 0) is 43.7 Å². The van der Waals surface area contributed by atoms with E-state index < -0.39 is 0 Å². The van der Waals surface area contributed by atoms with Gasteiger partial charge in [-0.3, -0.25) is 9.69 Å². The summed E-state index contributed by atoms with van der Waals surface area (Å²) in [7, 11) is 0. The Morgan fingerprint density at radius 1 is 1.30 bits per heavy atom. The fraction of sp³-hybridized carbons (Fsp3) is 0.429. The van der Waals surface area contributed by atoms with Gasteiger partial charge in [-0.1, -0.05) is 0 Å². The second kappa shape index (κ2) is 6.91. The fourth-order valence-electron chi connectivity index (χ4n) is 2.10. The number of unbranched alkanes of at least 4 members (excludes halogenated alkanes) is 1. The van der Waals surface area contributed by atoms with Crippen molar-refractivity contribution in [3.05, 3.63) is 24.3 Å². The topological polar surface area (TPSA) is 87.5 Å². The molecule has 1 heterocycles. The zero-order valence-corrected chi connectivity index (χ0v) is 11.4. The average molecular weight is 276 g/mol. The number of hydrogen-bond donors (Lipinski definition) is 3. The molecule has 0 unspecified atom stereocenters. The number of nitrogens with one attached hydrogen (secondary N) is 2. The molecule has 0 saturated carbocycles. The number of nitrogens with two attached hydrogens (primary N) is 1. The van der Waals surface area contributed by atoms with Crippen LogP contribution in [0.3, 0.4) is 0 Å². The molecule has 6 heteroatoms. The lowest BCUT2D eigenvalue weighted by atomic mass is 10.2. The normalized spacial score (nSPS) is 14.2. The Bertz CT molecular complexity index is 473. The van der Waals surface area contributed by atoms with Crippen molar-refractivity contribution in [3.63, 3.8) is 0 Å². The number of nitrogens with zero attached hydrogens (tertiary/aromatic N) is 1. The minimum Gasteiger partial charge on any atom is -0.336 e. The van der Waals surface area contributed by atoms with Crippen LogP contribution in [0, 0.1) is 0 Å². The molecule has 1 aliphatic heterocycles. The van der Waals surface area contributed by atoms with Crippen molar-refractivity contribution in [2.45, 2.75) is 19.3 Å². The van der Waals surface area contributed by atoms with Gasteiger partial charge in [0.25, 0.3) is 0 Å². The first-order chi connectivity index (χ1) is 9.70. The van der Waals surface area contributed by atoms with Crippen LogP contribution in [0.15, 0.2) is 24.3 Å².